The molecule has 0 saturated heterocycles. The van der Waals surface area contributed by atoms with Gasteiger partial charge in [0.25, 0.3) is 0 Å². The Labute approximate surface area is 212 Å². The van der Waals surface area contributed by atoms with Crippen molar-refractivity contribution in [2.75, 3.05) is 0 Å². The smallest absolute Gasteiger partial charge is 0.0101 e. The summed E-state index contributed by atoms with van der Waals surface area (Å²) in [6, 6.07) is 14.6. The molecule has 0 radical (unpaired) electrons. The molecular weight excluding hydrogens is 427 g/mol. The standard InChI is InChI=1S/C33H49P/c1-23(2)28-19-13-21-30(32(28)25(5)6)31-22-14-20-29(24(3)4)33(31)34(26-15-9-7-10-16-26)27-17-11-8-12-18-27/h13-14,19-27H,7-12,15-18H2,1-6H3. The van der Waals surface area contributed by atoms with Crippen LogP contribution >= 0.6 is 7.92 Å². The van der Waals surface area contributed by atoms with Crippen LogP contribution in [-0.4, -0.2) is 11.3 Å². The molecule has 2 aliphatic rings. The largest absolute Gasteiger partial charge is 0.0680 e. The average Bonchev–Trinajstić information content (AvgIpc) is 2.85. The molecule has 186 valence electrons. The summed E-state index contributed by atoms with van der Waals surface area (Å²) in [5.41, 5.74) is 9.81. The van der Waals surface area contributed by atoms with Crippen molar-refractivity contribution in [1.82, 2.24) is 0 Å². The van der Waals surface area contributed by atoms with E-state index in [2.05, 4.69) is 77.9 Å². The van der Waals surface area contributed by atoms with Gasteiger partial charge in [-0.1, -0.05) is 124 Å². The predicted octanol–water partition coefficient (Wildman–Crippen LogP) is 10.5. The van der Waals surface area contributed by atoms with Crippen LogP contribution in [0.25, 0.3) is 11.1 Å². The molecule has 2 aliphatic carbocycles. The molecule has 4 rings (SSSR count). The first-order valence-corrected chi connectivity index (χ1v) is 15.9. The zero-order valence-corrected chi connectivity index (χ0v) is 23.8. The van der Waals surface area contributed by atoms with E-state index in [-0.39, 0.29) is 7.92 Å². The Balaban J connectivity index is 1.96. The molecule has 0 amide bonds. The molecular formula is C33H49P. The molecule has 2 saturated carbocycles. The number of hydrogen-bond acceptors (Lipinski definition) is 0. The van der Waals surface area contributed by atoms with Gasteiger partial charge < -0.3 is 0 Å². The second-order valence-electron chi connectivity index (χ2n) is 12.0. The maximum absolute atomic E-state index is 2.51. The fourth-order valence-corrected chi connectivity index (χ4v) is 11.2. The van der Waals surface area contributed by atoms with E-state index >= 15 is 0 Å². The third-order valence-corrected chi connectivity index (χ3v) is 12.1. The molecule has 2 aromatic rings. The van der Waals surface area contributed by atoms with E-state index in [1.807, 2.05) is 5.30 Å². The summed E-state index contributed by atoms with van der Waals surface area (Å²) in [6.07, 6.45) is 14.6. The number of benzene rings is 2. The summed E-state index contributed by atoms with van der Waals surface area (Å²) < 4.78 is 0. The summed E-state index contributed by atoms with van der Waals surface area (Å²) in [5.74, 6) is 1.69. The Morgan fingerprint density at radius 3 is 1.50 bits per heavy atom. The third kappa shape index (κ3) is 5.48. The lowest BCUT2D eigenvalue weighted by molar-refractivity contribution is 0.487. The summed E-state index contributed by atoms with van der Waals surface area (Å²) >= 11 is 0. The molecule has 0 atom stereocenters. The van der Waals surface area contributed by atoms with Crippen LogP contribution in [0.4, 0.5) is 0 Å². The van der Waals surface area contributed by atoms with Crippen LogP contribution < -0.4 is 5.30 Å². The van der Waals surface area contributed by atoms with Gasteiger partial charge in [0.05, 0.1) is 0 Å². The van der Waals surface area contributed by atoms with Crippen LogP contribution in [0.15, 0.2) is 36.4 Å². The fraction of sp³-hybridized carbons (Fsp3) is 0.636. The number of hydrogen-bond donors (Lipinski definition) is 0. The number of rotatable bonds is 7. The van der Waals surface area contributed by atoms with Crippen molar-refractivity contribution in [3.05, 3.63) is 53.1 Å². The second kappa shape index (κ2) is 11.7. The molecule has 2 aromatic carbocycles. The minimum absolute atomic E-state index is 0.146. The van der Waals surface area contributed by atoms with E-state index in [1.165, 1.54) is 69.8 Å². The Morgan fingerprint density at radius 1 is 0.559 bits per heavy atom. The first-order chi connectivity index (χ1) is 16.4. The molecule has 0 nitrogen and oxygen atoms in total. The van der Waals surface area contributed by atoms with Crippen molar-refractivity contribution >= 4 is 13.2 Å². The van der Waals surface area contributed by atoms with Gasteiger partial charge in [-0.3, -0.25) is 0 Å². The maximum atomic E-state index is 2.51. The lowest BCUT2D eigenvalue weighted by Gasteiger charge is -2.41. The molecule has 2 fully saturated rings. The van der Waals surface area contributed by atoms with Gasteiger partial charge in [-0.2, -0.15) is 0 Å². The van der Waals surface area contributed by atoms with Crippen LogP contribution in [0.5, 0.6) is 0 Å². The van der Waals surface area contributed by atoms with Crippen LogP contribution in [0.2, 0.25) is 0 Å². The van der Waals surface area contributed by atoms with Crippen molar-refractivity contribution in [2.45, 2.75) is 135 Å². The molecule has 0 aromatic heterocycles. The molecule has 0 heterocycles. The Bertz CT molecular complexity index is 908. The Hall–Kier alpha value is -1.13. The molecule has 0 unspecified atom stereocenters. The lowest BCUT2D eigenvalue weighted by Crippen LogP contribution is -2.29. The topological polar surface area (TPSA) is 0 Å². The third-order valence-electron chi connectivity index (χ3n) is 8.51. The van der Waals surface area contributed by atoms with Gasteiger partial charge in [0.15, 0.2) is 0 Å². The summed E-state index contributed by atoms with van der Waals surface area (Å²) in [4.78, 5) is 0. The van der Waals surface area contributed by atoms with Gasteiger partial charge in [-0.25, -0.2) is 0 Å². The van der Waals surface area contributed by atoms with Gasteiger partial charge in [0.1, 0.15) is 0 Å². The van der Waals surface area contributed by atoms with Gasteiger partial charge in [-0.05, 0) is 87.9 Å². The summed E-state index contributed by atoms with van der Waals surface area (Å²) in [6.45, 7) is 14.4. The van der Waals surface area contributed by atoms with Crippen molar-refractivity contribution in [1.29, 1.82) is 0 Å². The first kappa shape index (κ1) is 25.9. The zero-order valence-electron chi connectivity index (χ0n) is 22.9. The van der Waals surface area contributed by atoms with Crippen molar-refractivity contribution in [2.24, 2.45) is 0 Å². The normalized spacial score (nSPS) is 18.5. The van der Waals surface area contributed by atoms with Crippen LogP contribution in [0.3, 0.4) is 0 Å². The molecule has 0 spiro atoms. The minimum Gasteiger partial charge on any atom is -0.0680 e. The zero-order chi connectivity index (χ0) is 24.2. The highest BCUT2D eigenvalue weighted by Gasteiger charge is 2.36. The molecule has 1 heteroatoms. The first-order valence-electron chi connectivity index (χ1n) is 14.4. The highest BCUT2D eigenvalue weighted by molar-refractivity contribution is 7.67. The van der Waals surface area contributed by atoms with Gasteiger partial charge in [0.2, 0.25) is 0 Å². The van der Waals surface area contributed by atoms with E-state index in [0.29, 0.717) is 17.8 Å². The molecule has 0 bridgehead atoms. The van der Waals surface area contributed by atoms with Crippen molar-refractivity contribution in [3.8, 4) is 11.1 Å². The van der Waals surface area contributed by atoms with Crippen molar-refractivity contribution < 1.29 is 0 Å². The highest BCUT2D eigenvalue weighted by Crippen LogP contribution is 2.57. The Kier molecular flexibility index (Phi) is 8.96. The van der Waals surface area contributed by atoms with E-state index in [0.717, 1.165) is 11.3 Å². The second-order valence-corrected chi connectivity index (χ2v) is 14.7. The SMILES string of the molecule is CC(C)c1cccc(-c2cccc(C(C)C)c2P(C2CCCCC2)C2CCCCC2)c1C(C)C. The average molecular weight is 477 g/mol. The minimum atomic E-state index is -0.146. The summed E-state index contributed by atoms with van der Waals surface area (Å²) in [5, 5.41) is 1.81. The van der Waals surface area contributed by atoms with Crippen LogP contribution in [-0.2, 0) is 0 Å². The van der Waals surface area contributed by atoms with Crippen molar-refractivity contribution in [3.63, 3.8) is 0 Å². The van der Waals surface area contributed by atoms with E-state index in [1.54, 1.807) is 22.3 Å². The molecule has 34 heavy (non-hydrogen) atoms. The van der Waals surface area contributed by atoms with Gasteiger partial charge in [-0.15, -0.1) is 0 Å². The predicted molar refractivity (Wildman–Crippen MR) is 154 cm³/mol. The van der Waals surface area contributed by atoms with Gasteiger partial charge >= 0.3 is 0 Å². The van der Waals surface area contributed by atoms with E-state index in [9.17, 15) is 0 Å². The lowest BCUT2D eigenvalue weighted by atomic mass is 9.84. The fourth-order valence-electron chi connectivity index (χ4n) is 6.88. The van der Waals surface area contributed by atoms with Gasteiger partial charge in [0, 0.05) is 0 Å². The monoisotopic (exact) mass is 476 g/mol. The van der Waals surface area contributed by atoms with Crippen LogP contribution in [0.1, 0.15) is 140 Å². The maximum Gasteiger partial charge on any atom is -0.0101 e. The highest BCUT2D eigenvalue weighted by atomic mass is 31.1. The van der Waals surface area contributed by atoms with E-state index < -0.39 is 0 Å². The van der Waals surface area contributed by atoms with E-state index in [4.69, 9.17) is 0 Å². The molecule has 0 N–H and O–H groups in total. The Morgan fingerprint density at radius 2 is 1.03 bits per heavy atom. The quantitative estimate of drug-likeness (QED) is 0.349. The van der Waals surface area contributed by atoms with Crippen LogP contribution in [0, 0.1) is 0 Å². The molecule has 0 aliphatic heterocycles. The summed E-state index contributed by atoms with van der Waals surface area (Å²) in [7, 11) is -0.146.